The fraction of sp³-hybridized carbons (Fsp3) is 0.417. The molecule has 0 unspecified atom stereocenters. The van der Waals surface area contributed by atoms with Crippen molar-refractivity contribution in [3.8, 4) is 0 Å². The topological polar surface area (TPSA) is 49.3 Å². The molecule has 0 aliphatic carbocycles. The average molecular weight is 257 g/mol. The van der Waals surface area contributed by atoms with E-state index in [1.165, 1.54) is 23.9 Å². The van der Waals surface area contributed by atoms with E-state index in [1.807, 2.05) is 6.92 Å². The zero-order chi connectivity index (χ0) is 12.7. The van der Waals surface area contributed by atoms with Crippen LogP contribution in [0.15, 0.2) is 23.1 Å². The summed E-state index contributed by atoms with van der Waals surface area (Å²) in [6.07, 6.45) is 0.894. The Bertz CT molecular complexity index is 385. The number of amides is 1. The highest BCUT2D eigenvalue weighted by Crippen LogP contribution is 2.20. The third-order valence-electron chi connectivity index (χ3n) is 2.06. The van der Waals surface area contributed by atoms with Crippen LogP contribution in [0.3, 0.4) is 0 Å². The Hall–Kier alpha value is -1.07. The molecule has 0 aliphatic heterocycles. The minimum absolute atomic E-state index is 0.0633. The maximum absolute atomic E-state index is 13.1. The van der Waals surface area contributed by atoms with Crippen molar-refractivity contribution in [3.63, 3.8) is 0 Å². The molecule has 1 aromatic rings. The van der Waals surface area contributed by atoms with Crippen LogP contribution in [0.4, 0.5) is 4.39 Å². The quantitative estimate of drug-likeness (QED) is 0.766. The van der Waals surface area contributed by atoms with E-state index in [0.29, 0.717) is 17.0 Å². The smallest absolute Gasteiger partial charge is 0.230 e. The summed E-state index contributed by atoms with van der Waals surface area (Å²) in [6, 6.07) is 4.32. The van der Waals surface area contributed by atoms with Crippen molar-refractivity contribution in [1.82, 2.24) is 5.32 Å². The second-order valence-corrected chi connectivity index (χ2v) is 4.64. The average Bonchev–Trinajstić information content (AvgIpc) is 2.33. The van der Waals surface area contributed by atoms with Crippen LogP contribution in [-0.4, -0.2) is 23.3 Å². The van der Waals surface area contributed by atoms with E-state index in [4.69, 9.17) is 5.11 Å². The Morgan fingerprint density at radius 2 is 2.24 bits per heavy atom. The summed E-state index contributed by atoms with van der Waals surface area (Å²) in [7, 11) is 0. The summed E-state index contributed by atoms with van der Waals surface area (Å²) >= 11 is 1.26. The molecule has 94 valence electrons. The summed E-state index contributed by atoms with van der Waals surface area (Å²) < 4.78 is 13.1. The number of halogens is 1. The van der Waals surface area contributed by atoms with Crippen molar-refractivity contribution in [1.29, 1.82) is 0 Å². The van der Waals surface area contributed by atoms with Crippen molar-refractivity contribution < 1.29 is 14.3 Å². The number of carbonyl (C=O) groups excluding carboxylic acids is 1. The van der Waals surface area contributed by atoms with E-state index < -0.39 is 5.82 Å². The third-order valence-corrected chi connectivity index (χ3v) is 3.03. The molecule has 0 saturated heterocycles. The van der Waals surface area contributed by atoms with Gasteiger partial charge >= 0.3 is 0 Å². The first-order valence-electron chi connectivity index (χ1n) is 5.45. The van der Waals surface area contributed by atoms with Crippen LogP contribution in [0.25, 0.3) is 0 Å². The van der Waals surface area contributed by atoms with Crippen LogP contribution in [0.2, 0.25) is 0 Å². The molecule has 1 aromatic carbocycles. The number of benzene rings is 1. The van der Waals surface area contributed by atoms with Gasteiger partial charge in [0.2, 0.25) is 5.91 Å². The molecule has 0 spiro atoms. The molecule has 0 radical (unpaired) electrons. The molecule has 1 amide bonds. The van der Waals surface area contributed by atoms with Crippen LogP contribution in [0.5, 0.6) is 0 Å². The molecule has 5 heteroatoms. The SMILES string of the molecule is CCCNC(=O)CSc1cc(F)cc(CO)c1. The zero-order valence-electron chi connectivity index (χ0n) is 9.70. The van der Waals surface area contributed by atoms with Gasteiger partial charge in [0, 0.05) is 11.4 Å². The maximum Gasteiger partial charge on any atom is 0.230 e. The monoisotopic (exact) mass is 257 g/mol. The minimum Gasteiger partial charge on any atom is -0.392 e. The Morgan fingerprint density at radius 1 is 1.47 bits per heavy atom. The van der Waals surface area contributed by atoms with Gasteiger partial charge in [-0.15, -0.1) is 11.8 Å². The van der Waals surface area contributed by atoms with Gasteiger partial charge in [0.05, 0.1) is 12.4 Å². The number of aliphatic hydroxyl groups excluding tert-OH is 1. The molecule has 0 atom stereocenters. The van der Waals surface area contributed by atoms with E-state index >= 15 is 0 Å². The predicted octanol–water partition coefficient (Wildman–Crippen LogP) is 1.94. The maximum atomic E-state index is 13.1. The van der Waals surface area contributed by atoms with E-state index in [1.54, 1.807) is 6.07 Å². The molecule has 0 saturated carbocycles. The second-order valence-electron chi connectivity index (χ2n) is 3.59. The van der Waals surface area contributed by atoms with Gasteiger partial charge in [-0.2, -0.15) is 0 Å². The lowest BCUT2D eigenvalue weighted by atomic mass is 10.2. The predicted molar refractivity (Wildman–Crippen MR) is 66.3 cm³/mol. The van der Waals surface area contributed by atoms with Gasteiger partial charge in [-0.25, -0.2) is 4.39 Å². The normalized spacial score (nSPS) is 10.3. The highest BCUT2D eigenvalue weighted by molar-refractivity contribution is 8.00. The van der Waals surface area contributed by atoms with E-state index in [9.17, 15) is 9.18 Å². The number of rotatable bonds is 6. The number of carbonyl (C=O) groups is 1. The minimum atomic E-state index is -0.395. The highest BCUT2D eigenvalue weighted by Gasteiger charge is 2.04. The number of thioether (sulfide) groups is 1. The molecular formula is C12H16FNO2S. The molecule has 17 heavy (non-hydrogen) atoms. The Kier molecular flexibility index (Phi) is 6.00. The lowest BCUT2D eigenvalue weighted by Gasteiger charge is -2.05. The lowest BCUT2D eigenvalue weighted by molar-refractivity contribution is -0.118. The molecular weight excluding hydrogens is 241 g/mol. The van der Waals surface area contributed by atoms with Crippen LogP contribution in [0.1, 0.15) is 18.9 Å². The van der Waals surface area contributed by atoms with Gasteiger partial charge in [-0.05, 0) is 30.2 Å². The fourth-order valence-electron chi connectivity index (χ4n) is 1.26. The van der Waals surface area contributed by atoms with Gasteiger partial charge in [0.15, 0.2) is 0 Å². The first kappa shape index (κ1) is 14.0. The van der Waals surface area contributed by atoms with E-state index in [-0.39, 0.29) is 18.3 Å². The lowest BCUT2D eigenvalue weighted by Crippen LogP contribution is -2.25. The second kappa shape index (κ2) is 7.29. The van der Waals surface area contributed by atoms with E-state index in [2.05, 4.69) is 5.32 Å². The summed E-state index contributed by atoms with van der Waals surface area (Å²) in [5.74, 6) is -0.200. The highest BCUT2D eigenvalue weighted by atomic mass is 32.2. The van der Waals surface area contributed by atoms with Gasteiger partial charge < -0.3 is 10.4 Å². The summed E-state index contributed by atoms with van der Waals surface area (Å²) in [5, 5.41) is 11.7. The van der Waals surface area contributed by atoms with Crippen LogP contribution in [0, 0.1) is 5.82 Å². The number of aliphatic hydroxyl groups is 1. The van der Waals surface area contributed by atoms with Crippen molar-refractivity contribution in [3.05, 3.63) is 29.6 Å². The molecule has 0 bridgehead atoms. The fourth-order valence-corrected chi connectivity index (χ4v) is 2.09. The summed E-state index contributed by atoms with van der Waals surface area (Å²) in [6.45, 7) is 2.44. The van der Waals surface area contributed by atoms with Crippen molar-refractivity contribution in [2.75, 3.05) is 12.3 Å². The van der Waals surface area contributed by atoms with Gasteiger partial charge in [0.1, 0.15) is 5.82 Å². The van der Waals surface area contributed by atoms with Crippen LogP contribution < -0.4 is 5.32 Å². The Balaban J connectivity index is 2.51. The van der Waals surface area contributed by atoms with Crippen molar-refractivity contribution in [2.24, 2.45) is 0 Å². The van der Waals surface area contributed by atoms with Gasteiger partial charge in [-0.1, -0.05) is 6.92 Å². The molecule has 0 heterocycles. The largest absolute Gasteiger partial charge is 0.392 e. The third kappa shape index (κ3) is 5.19. The van der Waals surface area contributed by atoms with Crippen molar-refractivity contribution >= 4 is 17.7 Å². The van der Waals surface area contributed by atoms with E-state index in [0.717, 1.165) is 6.42 Å². The molecule has 2 N–H and O–H groups in total. The first-order chi connectivity index (χ1) is 8.15. The molecule has 0 aliphatic rings. The summed E-state index contributed by atoms with van der Waals surface area (Å²) in [5.41, 5.74) is 0.515. The van der Waals surface area contributed by atoms with Crippen LogP contribution in [-0.2, 0) is 11.4 Å². The standard InChI is InChI=1S/C12H16FNO2S/c1-2-3-14-12(16)8-17-11-5-9(7-15)4-10(13)6-11/h4-6,15H,2-3,7-8H2,1H3,(H,14,16). The molecule has 3 nitrogen and oxygen atoms in total. The first-order valence-corrected chi connectivity index (χ1v) is 6.44. The molecule has 1 rings (SSSR count). The Morgan fingerprint density at radius 3 is 2.88 bits per heavy atom. The Labute approximate surface area is 104 Å². The molecule has 0 fully saturated rings. The van der Waals surface area contributed by atoms with Crippen molar-refractivity contribution in [2.45, 2.75) is 24.8 Å². The number of hydrogen-bond donors (Lipinski definition) is 2. The zero-order valence-corrected chi connectivity index (χ0v) is 10.5. The van der Waals surface area contributed by atoms with Crippen LogP contribution >= 0.6 is 11.8 Å². The number of hydrogen-bond acceptors (Lipinski definition) is 3. The summed E-state index contributed by atoms with van der Waals surface area (Å²) in [4.78, 5) is 12.0. The molecule has 0 aromatic heterocycles. The van der Waals surface area contributed by atoms with Gasteiger partial charge in [0.25, 0.3) is 0 Å². The van der Waals surface area contributed by atoms with Gasteiger partial charge in [-0.3, -0.25) is 4.79 Å². The number of nitrogens with one attached hydrogen (secondary N) is 1.